The lowest BCUT2D eigenvalue weighted by Gasteiger charge is -2.33. The van der Waals surface area contributed by atoms with E-state index < -0.39 is 36.4 Å². The highest BCUT2D eigenvalue weighted by atomic mass is 19.3. The fraction of sp³-hybridized carbons (Fsp3) is 0.286. The zero-order chi connectivity index (χ0) is 22.2. The summed E-state index contributed by atoms with van der Waals surface area (Å²) in [5.41, 5.74) is -0.684. The third-order valence-electron chi connectivity index (χ3n) is 5.26. The van der Waals surface area contributed by atoms with E-state index in [4.69, 9.17) is 9.47 Å². The van der Waals surface area contributed by atoms with Crippen LogP contribution in [0.5, 0.6) is 17.2 Å². The lowest BCUT2D eigenvalue weighted by molar-refractivity contribution is -0.132. The summed E-state index contributed by atoms with van der Waals surface area (Å²) in [5.74, 6) is -0.927. The molecule has 0 bridgehead atoms. The van der Waals surface area contributed by atoms with Crippen LogP contribution in [0.2, 0.25) is 0 Å². The van der Waals surface area contributed by atoms with Crippen molar-refractivity contribution in [1.82, 2.24) is 10.2 Å². The second kappa shape index (κ2) is 7.86. The normalized spacial score (nSPS) is 19.8. The zero-order valence-electron chi connectivity index (χ0n) is 16.4. The van der Waals surface area contributed by atoms with Crippen LogP contribution in [0.4, 0.5) is 13.6 Å². The molecule has 0 aromatic heterocycles. The molecule has 162 valence electrons. The lowest BCUT2D eigenvalue weighted by Crippen LogP contribution is -2.47. The molecule has 1 unspecified atom stereocenters. The number of ether oxygens (including phenoxy) is 3. The van der Waals surface area contributed by atoms with Crippen molar-refractivity contribution in [2.75, 3.05) is 20.3 Å². The molecule has 0 radical (unpaired) electrons. The van der Waals surface area contributed by atoms with Crippen LogP contribution in [0.1, 0.15) is 22.3 Å². The number of fused-ring (bicyclic) bond motifs is 2. The van der Waals surface area contributed by atoms with Crippen LogP contribution in [-0.2, 0) is 10.3 Å². The zero-order valence-corrected chi connectivity index (χ0v) is 16.4. The van der Waals surface area contributed by atoms with Gasteiger partial charge in [-0.15, -0.1) is 0 Å². The maximum atomic E-state index is 13.2. The highest BCUT2D eigenvalue weighted by Gasteiger charge is 2.55. The number of imide groups is 1. The summed E-state index contributed by atoms with van der Waals surface area (Å²) >= 11 is 0. The first-order valence-electron chi connectivity index (χ1n) is 9.38. The Bertz CT molecular complexity index is 1060. The number of amides is 3. The van der Waals surface area contributed by atoms with Gasteiger partial charge in [-0.05, 0) is 24.3 Å². The first-order chi connectivity index (χ1) is 14.9. The van der Waals surface area contributed by atoms with Crippen molar-refractivity contribution in [2.24, 2.45) is 0 Å². The molecule has 1 saturated heterocycles. The highest BCUT2D eigenvalue weighted by molar-refractivity contribution is 6.11. The Morgan fingerprint density at radius 2 is 2.00 bits per heavy atom. The van der Waals surface area contributed by atoms with Crippen molar-refractivity contribution in [1.29, 1.82) is 0 Å². The van der Waals surface area contributed by atoms with Crippen LogP contribution in [0.25, 0.3) is 0 Å². The molecule has 2 aromatic rings. The summed E-state index contributed by atoms with van der Waals surface area (Å²) in [6.45, 7) is -3.35. The van der Waals surface area contributed by atoms with Gasteiger partial charge in [0, 0.05) is 17.5 Å². The number of hydrogen-bond acceptors (Lipinski definition) is 6. The maximum absolute atomic E-state index is 13.2. The second-order valence-electron chi connectivity index (χ2n) is 6.99. The average Bonchev–Trinajstić information content (AvgIpc) is 2.98. The number of Topliss-reactive ketones (excluding diaryl/α,β-unsaturated/α-hetero) is 1. The number of methoxy groups -OCH3 is 1. The molecule has 10 heteroatoms. The number of nitrogens with zero attached hydrogens (tertiary/aromatic N) is 1. The summed E-state index contributed by atoms with van der Waals surface area (Å²) in [6, 6.07) is 9.86. The summed E-state index contributed by atoms with van der Waals surface area (Å²) in [5, 5.41) is 2.71. The van der Waals surface area contributed by atoms with E-state index >= 15 is 0 Å². The van der Waals surface area contributed by atoms with E-state index in [9.17, 15) is 23.2 Å². The van der Waals surface area contributed by atoms with E-state index in [1.807, 2.05) is 0 Å². The Morgan fingerprint density at radius 3 is 2.74 bits per heavy atom. The first kappa shape index (κ1) is 20.6. The second-order valence-corrected chi connectivity index (χ2v) is 6.99. The van der Waals surface area contributed by atoms with Gasteiger partial charge in [0.25, 0.3) is 5.91 Å². The van der Waals surface area contributed by atoms with E-state index in [0.717, 1.165) is 4.90 Å². The van der Waals surface area contributed by atoms with Crippen LogP contribution < -0.4 is 19.5 Å². The van der Waals surface area contributed by atoms with Gasteiger partial charge in [-0.2, -0.15) is 8.78 Å². The standard InChI is InChI=1S/C21H18F2N2O6/c1-29-17-10-12(6-7-16(17)31-19(22)23)14(26)11-25-18(27)21(24-20(25)28)8-9-30-15-5-3-2-4-13(15)21/h2-7,10,19H,8-9,11H2,1H3,(H,24,28). The summed E-state index contributed by atoms with van der Waals surface area (Å²) in [4.78, 5) is 39.4. The molecule has 0 aliphatic carbocycles. The van der Waals surface area contributed by atoms with Crippen molar-refractivity contribution < 1.29 is 37.4 Å². The quantitative estimate of drug-likeness (QED) is 0.557. The van der Waals surface area contributed by atoms with Crippen molar-refractivity contribution in [3.05, 3.63) is 53.6 Å². The smallest absolute Gasteiger partial charge is 0.387 e. The Balaban J connectivity index is 1.57. The van der Waals surface area contributed by atoms with Gasteiger partial charge in [0.1, 0.15) is 5.75 Å². The largest absolute Gasteiger partial charge is 0.493 e. The Kier molecular flexibility index (Phi) is 5.22. The predicted octanol–water partition coefficient (Wildman–Crippen LogP) is 2.71. The molecular formula is C21H18F2N2O6. The van der Waals surface area contributed by atoms with Crippen LogP contribution >= 0.6 is 0 Å². The summed E-state index contributed by atoms with van der Waals surface area (Å²) in [7, 11) is 1.24. The molecule has 2 aliphatic rings. The molecule has 1 fully saturated rings. The Hall–Kier alpha value is -3.69. The minimum Gasteiger partial charge on any atom is -0.493 e. The number of alkyl halides is 2. The van der Waals surface area contributed by atoms with E-state index in [2.05, 4.69) is 10.1 Å². The number of carbonyl (C=O) groups is 3. The molecule has 2 aliphatic heterocycles. The summed E-state index contributed by atoms with van der Waals surface area (Å²) in [6.07, 6.45) is 0.229. The molecule has 8 nitrogen and oxygen atoms in total. The molecule has 1 atom stereocenters. The van der Waals surface area contributed by atoms with Gasteiger partial charge in [0.2, 0.25) is 0 Å². The van der Waals surface area contributed by atoms with Crippen molar-refractivity contribution >= 4 is 17.7 Å². The van der Waals surface area contributed by atoms with Gasteiger partial charge in [-0.3, -0.25) is 14.5 Å². The highest BCUT2D eigenvalue weighted by Crippen LogP contribution is 2.41. The maximum Gasteiger partial charge on any atom is 0.387 e. The SMILES string of the molecule is COc1cc(C(=O)CN2C(=O)NC3(CCOc4ccccc43)C2=O)ccc1OC(F)F. The van der Waals surface area contributed by atoms with Gasteiger partial charge in [0.15, 0.2) is 22.8 Å². The minimum atomic E-state index is -3.06. The van der Waals surface area contributed by atoms with Gasteiger partial charge >= 0.3 is 12.6 Å². The first-order valence-corrected chi connectivity index (χ1v) is 9.38. The third kappa shape index (κ3) is 3.54. The predicted molar refractivity (Wildman–Crippen MR) is 102 cm³/mol. The number of benzene rings is 2. The topological polar surface area (TPSA) is 94.2 Å². The van der Waals surface area contributed by atoms with Crippen LogP contribution in [0, 0.1) is 0 Å². The van der Waals surface area contributed by atoms with Gasteiger partial charge < -0.3 is 19.5 Å². The van der Waals surface area contributed by atoms with Crippen LogP contribution in [0.3, 0.4) is 0 Å². The van der Waals surface area contributed by atoms with E-state index in [1.54, 1.807) is 24.3 Å². The molecule has 31 heavy (non-hydrogen) atoms. The van der Waals surface area contributed by atoms with E-state index in [0.29, 0.717) is 11.3 Å². The lowest BCUT2D eigenvalue weighted by atomic mass is 9.84. The molecule has 1 spiro atoms. The molecule has 2 aromatic carbocycles. The van der Waals surface area contributed by atoms with Crippen molar-refractivity contribution in [2.45, 2.75) is 18.6 Å². The molecule has 1 N–H and O–H groups in total. The van der Waals surface area contributed by atoms with E-state index in [1.165, 1.54) is 25.3 Å². The number of hydrogen-bond donors (Lipinski definition) is 1. The Morgan fingerprint density at radius 1 is 1.23 bits per heavy atom. The number of para-hydroxylation sites is 1. The number of rotatable bonds is 6. The molecule has 4 rings (SSSR count). The van der Waals surface area contributed by atoms with Crippen molar-refractivity contribution in [3.63, 3.8) is 0 Å². The van der Waals surface area contributed by atoms with Crippen molar-refractivity contribution in [3.8, 4) is 17.2 Å². The third-order valence-corrected chi connectivity index (χ3v) is 5.26. The molecule has 2 heterocycles. The van der Waals surface area contributed by atoms with Gasteiger partial charge in [-0.1, -0.05) is 18.2 Å². The summed E-state index contributed by atoms with van der Waals surface area (Å²) < 4.78 is 39.9. The van der Waals surface area contributed by atoms with Crippen LogP contribution in [-0.4, -0.2) is 49.5 Å². The van der Waals surface area contributed by atoms with Crippen LogP contribution in [0.15, 0.2) is 42.5 Å². The fourth-order valence-electron chi connectivity index (χ4n) is 3.78. The number of carbonyl (C=O) groups excluding carboxylic acids is 3. The minimum absolute atomic E-state index is 0.0711. The number of nitrogens with one attached hydrogen (secondary N) is 1. The molecular weight excluding hydrogens is 414 g/mol. The number of halogens is 2. The monoisotopic (exact) mass is 432 g/mol. The fourth-order valence-corrected chi connectivity index (χ4v) is 3.78. The number of ketones is 1. The van der Waals surface area contributed by atoms with Gasteiger partial charge in [-0.25, -0.2) is 4.79 Å². The molecule has 0 saturated carbocycles. The average molecular weight is 432 g/mol. The number of urea groups is 1. The molecule has 3 amide bonds. The Labute approximate surface area is 175 Å². The van der Waals surface area contributed by atoms with Gasteiger partial charge in [0.05, 0.1) is 20.3 Å². The van der Waals surface area contributed by atoms with E-state index in [-0.39, 0.29) is 30.1 Å².